The molecule has 1 aliphatic rings. The van der Waals surface area contributed by atoms with Crippen molar-refractivity contribution in [3.8, 4) is 11.3 Å². The summed E-state index contributed by atoms with van der Waals surface area (Å²) in [4.78, 5) is 37.2. The van der Waals surface area contributed by atoms with Crippen molar-refractivity contribution in [1.82, 2.24) is 10.2 Å². The molecular formula is C23H16Cl2N2O5. The van der Waals surface area contributed by atoms with Crippen molar-refractivity contribution >= 4 is 47.2 Å². The lowest BCUT2D eigenvalue weighted by atomic mass is 10.0. The number of carboxylic acid groups (broad SMARTS) is 1. The highest BCUT2D eigenvalue weighted by molar-refractivity contribution is 6.42. The number of hydrogen-bond donors (Lipinski definition) is 2. The van der Waals surface area contributed by atoms with E-state index in [0.717, 1.165) is 16.0 Å². The van der Waals surface area contributed by atoms with E-state index in [9.17, 15) is 14.4 Å². The lowest BCUT2D eigenvalue weighted by molar-refractivity contribution is -0.123. The monoisotopic (exact) mass is 470 g/mol. The Morgan fingerprint density at radius 2 is 1.88 bits per heavy atom. The Morgan fingerprint density at radius 1 is 1.09 bits per heavy atom. The predicted octanol–water partition coefficient (Wildman–Crippen LogP) is 5.35. The quantitative estimate of drug-likeness (QED) is 0.386. The maximum atomic E-state index is 12.7. The molecule has 4 rings (SSSR count). The third kappa shape index (κ3) is 4.26. The number of nitrogens with zero attached hydrogens (tertiary/aromatic N) is 1. The van der Waals surface area contributed by atoms with Gasteiger partial charge in [0.2, 0.25) is 0 Å². The molecular weight excluding hydrogens is 455 g/mol. The van der Waals surface area contributed by atoms with Crippen LogP contribution < -0.4 is 5.32 Å². The number of carbonyl (C=O) groups is 3. The molecule has 9 heteroatoms. The number of amides is 3. The number of carbonyl (C=O) groups excluding carboxylic acids is 2. The third-order valence-corrected chi connectivity index (χ3v) is 5.68. The molecule has 0 atom stereocenters. The zero-order chi connectivity index (χ0) is 23.0. The minimum Gasteiger partial charge on any atom is -0.478 e. The van der Waals surface area contributed by atoms with Crippen LogP contribution in [0.3, 0.4) is 0 Å². The smallest absolute Gasteiger partial charge is 0.335 e. The van der Waals surface area contributed by atoms with Gasteiger partial charge >= 0.3 is 12.0 Å². The van der Waals surface area contributed by atoms with Crippen molar-refractivity contribution in [2.24, 2.45) is 0 Å². The normalized spacial score (nSPS) is 14.8. The molecule has 0 radical (unpaired) electrons. The zero-order valence-electron chi connectivity index (χ0n) is 16.7. The van der Waals surface area contributed by atoms with Crippen LogP contribution in [-0.2, 0) is 11.3 Å². The average Bonchev–Trinajstić information content (AvgIpc) is 3.30. The molecule has 3 amide bonds. The highest BCUT2D eigenvalue weighted by Gasteiger charge is 2.33. The number of aromatic carboxylic acids is 1. The fourth-order valence-corrected chi connectivity index (χ4v) is 3.65. The molecule has 162 valence electrons. The van der Waals surface area contributed by atoms with Crippen molar-refractivity contribution < 1.29 is 23.9 Å². The van der Waals surface area contributed by atoms with Crippen LogP contribution in [-0.4, -0.2) is 27.9 Å². The first-order valence-electron chi connectivity index (χ1n) is 9.45. The van der Waals surface area contributed by atoms with E-state index in [1.807, 2.05) is 0 Å². The first kappa shape index (κ1) is 21.7. The van der Waals surface area contributed by atoms with Crippen molar-refractivity contribution in [1.29, 1.82) is 0 Å². The van der Waals surface area contributed by atoms with Gasteiger partial charge < -0.3 is 14.8 Å². The summed E-state index contributed by atoms with van der Waals surface area (Å²) in [5, 5.41) is 12.4. The summed E-state index contributed by atoms with van der Waals surface area (Å²) in [6, 6.07) is 12.4. The molecule has 2 N–H and O–H groups in total. The fourth-order valence-electron chi connectivity index (χ4n) is 3.33. The maximum Gasteiger partial charge on any atom is 0.335 e. The minimum atomic E-state index is -1.01. The van der Waals surface area contributed by atoms with Gasteiger partial charge in [-0.15, -0.1) is 0 Å². The summed E-state index contributed by atoms with van der Waals surface area (Å²) in [6.07, 6.45) is 1.44. The van der Waals surface area contributed by atoms with Gasteiger partial charge in [0.25, 0.3) is 5.91 Å². The summed E-state index contributed by atoms with van der Waals surface area (Å²) < 4.78 is 5.80. The lowest BCUT2D eigenvalue weighted by Crippen LogP contribution is -2.30. The van der Waals surface area contributed by atoms with Crippen molar-refractivity contribution in [2.45, 2.75) is 13.5 Å². The lowest BCUT2D eigenvalue weighted by Gasteiger charge is -2.12. The number of urea groups is 1. The molecule has 1 saturated heterocycles. The Kier molecular flexibility index (Phi) is 5.78. The van der Waals surface area contributed by atoms with E-state index in [-0.39, 0.29) is 17.8 Å². The second kappa shape index (κ2) is 8.53. The number of benzene rings is 2. The third-order valence-electron chi connectivity index (χ3n) is 4.94. The van der Waals surface area contributed by atoms with Crippen LogP contribution in [0.15, 0.2) is 58.6 Å². The number of rotatable bonds is 5. The Balaban J connectivity index is 1.54. The number of imide groups is 1. The number of halogens is 2. The van der Waals surface area contributed by atoms with Crippen LogP contribution in [0, 0.1) is 6.92 Å². The van der Waals surface area contributed by atoms with Gasteiger partial charge in [-0.25, -0.2) is 9.59 Å². The van der Waals surface area contributed by atoms with Crippen LogP contribution in [0.1, 0.15) is 27.2 Å². The molecule has 2 aromatic carbocycles. The number of furan rings is 1. The SMILES string of the molecule is Cc1cc(C(=O)O)ccc1-c1ccc(/C=C2\NC(=O)N(Cc3ccc(Cl)c(Cl)c3)C2=O)o1. The van der Waals surface area contributed by atoms with E-state index < -0.39 is 17.9 Å². The second-order valence-electron chi connectivity index (χ2n) is 7.16. The average molecular weight is 471 g/mol. The summed E-state index contributed by atoms with van der Waals surface area (Å²) in [5.74, 6) is -0.635. The molecule has 1 fully saturated rings. The number of nitrogens with one attached hydrogen (secondary N) is 1. The molecule has 2 heterocycles. The molecule has 0 saturated carbocycles. The highest BCUT2D eigenvalue weighted by atomic mass is 35.5. The van der Waals surface area contributed by atoms with Gasteiger partial charge in [0.05, 0.1) is 22.2 Å². The molecule has 3 aromatic rings. The van der Waals surface area contributed by atoms with E-state index >= 15 is 0 Å². The van der Waals surface area contributed by atoms with Gasteiger partial charge in [-0.2, -0.15) is 0 Å². The standard InChI is InChI=1S/C23H16Cl2N2O5/c1-12-8-14(22(29)30)3-5-16(12)20-7-4-15(32-20)10-19-21(28)27(23(31)26-19)11-13-2-6-17(24)18(25)9-13/h2-10H,11H2,1H3,(H,26,31)(H,29,30)/b19-10-. The maximum absolute atomic E-state index is 12.7. The second-order valence-corrected chi connectivity index (χ2v) is 7.98. The molecule has 0 bridgehead atoms. The molecule has 0 aliphatic carbocycles. The highest BCUT2D eigenvalue weighted by Crippen LogP contribution is 2.28. The molecule has 1 aliphatic heterocycles. The molecule has 32 heavy (non-hydrogen) atoms. The molecule has 1 aromatic heterocycles. The summed E-state index contributed by atoms with van der Waals surface area (Å²) in [7, 11) is 0. The van der Waals surface area contributed by atoms with Crippen LogP contribution in [0.2, 0.25) is 10.0 Å². The Bertz CT molecular complexity index is 1300. The van der Waals surface area contributed by atoms with E-state index in [0.29, 0.717) is 27.1 Å². The molecule has 0 unspecified atom stereocenters. The van der Waals surface area contributed by atoms with Crippen LogP contribution in [0.5, 0.6) is 0 Å². The molecule has 7 nitrogen and oxygen atoms in total. The Labute approximate surface area is 192 Å². The summed E-state index contributed by atoms with van der Waals surface area (Å²) in [6.45, 7) is 1.82. The van der Waals surface area contributed by atoms with Crippen molar-refractivity contribution in [3.63, 3.8) is 0 Å². The number of carboxylic acids is 1. The van der Waals surface area contributed by atoms with Crippen LogP contribution in [0.4, 0.5) is 4.79 Å². The predicted molar refractivity (Wildman–Crippen MR) is 119 cm³/mol. The van der Waals surface area contributed by atoms with Crippen molar-refractivity contribution in [2.75, 3.05) is 0 Å². The van der Waals surface area contributed by atoms with E-state index in [1.165, 1.54) is 12.1 Å². The fraction of sp³-hybridized carbons (Fsp3) is 0.0870. The molecule has 0 spiro atoms. The van der Waals surface area contributed by atoms with Crippen LogP contribution >= 0.6 is 23.2 Å². The van der Waals surface area contributed by atoms with Gasteiger partial charge in [0, 0.05) is 11.6 Å². The van der Waals surface area contributed by atoms with E-state index in [1.54, 1.807) is 49.4 Å². The van der Waals surface area contributed by atoms with Gasteiger partial charge in [0.1, 0.15) is 17.2 Å². The van der Waals surface area contributed by atoms with Gasteiger partial charge in [-0.3, -0.25) is 9.69 Å². The zero-order valence-corrected chi connectivity index (χ0v) is 18.2. The van der Waals surface area contributed by atoms with Gasteiger partial charge in [-0.1, -0.05) is 35.3 Å². The topological polar surface area (TPSA) is 99.9 Å². The van der Waals surface area contributed by atoms with E-state index in [2.05, 4.69) is 5.32 Å². The largest absolute Gasteiger partial charge is 0.478 e. The summed E-state index contributed by atoms with van der Waals surface area (Å²) in [5.41, 5.74) is 2.37. The van der Waals surface area contributed by atoms with Gasteiger partial charge in [-0.05, 0) is 54.4 Å². The van der Waals surface area contributed by atoms with Crippen LogP contribution in [0.25, 0.3) is 17.4 Å². The van der Waals surface area contributed by atoms with E-state index in [4.69, 9.17) is 32.7 Å². The Hall–Kier alpha value is -3.55. The summed E-state index contributed by atoms with van der Waals surface area (Å²) >= 11 is 11.9. The van der Waals surface area contributed by atoms with Gasteiger partial charge in [0.15, 0.2) is 0 Å². The first-order chi connectivity index (χ1) is 15.2. The number of hydrogen-bond acceptors (Lipinski definition) is 4. The number of aryl methyl sites for hydroxylation is 1. The Morgan fingerprint density at radius 3 is 2.56 bits per heavy atom. The van der Waals surface area contributed by atoms with Crippen molar-refractivity contribution in [3.05, 3.63) is 86.7 Å². The first-order valence-corrected chi connectivity index (χ1v) is 10.2. The minimum absolute atomic E-state index is 0.0391.